The van der Waals surface area contributed by atoms with E-state index in [0.717, 1.165) is 36.6 Å². The van der Waals surface area contributed by atoms with Crippen LogP contribution in [-0.2, 0) is 4.79 Å². The number of pyridine rings is 1. The molecule has 3 aromatic rings. The summed E-state index contributed by atoms with van der Waals surface area (Å²) in [6.45, 7) is 1.41. The Labute approximate surface area is 157 Å². The minimum Gasteiger partial charge on any atom is -0.497 e. The lowest BCUT2D eigenvalue weighted by atomic mass is 9.97. The summed E-state index contributed by atoms with van der Waals surface area (Å²) in [5, 5.41) is 8.58. The number of methoxy groups -OCH3 is 1. The first kappa shape index (κ1) is 17.3. The van der Waals surface area contributed by atoms with Gasteiger partial charge in [-0.15, -0.1) is 10.2 Å². The normalized spacial score (nSPS) is 17.1. The molecule has 1 amide bonds. The topological polar surface area (TPSA) is 69.0 Å². The predicted octanol–water partition coefficient (Wildman–Crippen LogP) is 2.52. The van der Waals surface area contributed by atoms with Gasteiger partial charge in [-0.3, -0.25) is 9.20 Å². The molecule has 0 aliphatic carbocycles. The number of carbonyl (C=O) groups excluding carboxylic acids is 1. The van der Waals surface area contributed by atoms with Gasteiger partial charge in [0.2, 0.25) is 0 Å². The van der Waals surface area contributed by atoms with E-state index < -0.39 is 0 Å². The minimum atomic E-state index is -0.00987. The largest absolute Gasteiger partial charge is 0.497 e. The van der Waals surface area contributed by atoms with Crippen molar-refractivity contribution in [1.29, 1.82) is 0 Å². The van der Waals surface area contributed by atoms with E-state index in [9.17, 15) is 4.79 Å². The summed E-state index contributed by atoms with van der Waals surface area (Å²) in [6, 6.07) is 13.1. The Kier molecular flexibility index (Phi) is 4.91. The van der Waals surface area contributed by atoms with Crippen molar-refractivity contribution in [3.63, 3.8) is 0 Å². The Morgan fingerprint density at radius 1 is 1.15 bits per heavy atom. The number of hydrogen-bond donors (Lipinski definition) is 0. The van der Waals surface area contributed by atoms with Gasteiger partial charge in [-0.05, 0) is 49.2 Å². The molecule has 2 aromatic heterocycles. The number of rotatable bonds is 5. The van der Waals surface area contributed by atoms with Crippen molar-refractivity contribution in [2.45, 2.75) is 18.8 Å². The quantitative estimate of drug-likeness (QED) is 0.694. The molecular weight excluding hydrogens is 344 g/mol. The van der Waals surface area contributed by atoms with Crippen molar-refractivity contribution in [2.75, 3.05) is 26.8 Å². The van der Waals surface area contributed by atoms with E-state index in [0.29, 0.717) is 12.3 Å². The van der Waals surface area contributed by atoms with Crippen LogP contribution in [0.2, 0.25) is 0 Å². The molecule has 1 aliphatic heterocycles. The molecule has 1 aromatic carbocycles. The van der Waals surface area contributed by atoms with Gasteiger partial charge in [0.15, 0.2) is 12.3 Å². The van der Waals surface area contributed by atoms with E-state index in [-0.39, 0.29) is 18.4 Å². The number of aromatic nitrogens is 3. The molecule has 27 heavy (non-hydrogen) atoms. The SMILES string of the molecule is COc1ccc(OCC(=O)N2CCCC(c3nnc4ccccn34)C2)cc1. The van der Waals surface area contributed by atoms with Crippen molar-refractivity contribution in [1.82, 2.24) is 19.5 Å². The molecule has 7 nitrogen and oxygen atoms in total. The van der Waals surface area contributed by atoms with Crippen molar-refractivity contribution < 1.29 is 14.3 Å². The first-order chi connectivity index (χ1) is 13.2. The fourth-order valence-corrected chi connectivity index (χ4v) is 3.46. The summed E-state index contributed by atoms with van der Waals surface area (Å²) in [6.07, 6.45) is 3.91. The molecule has 0 radical (unpaired) electrons. The number of benzene rings is 1. The van der Waals surface area contributed by atoms with Crippen molar-refractivity contribution in [3.8, 4) is 11.5 Å². The first-order valence-corrected chi connectivity index (χ1v) is 9.09. The van der Waals surface area contributed by atoms with Crippen LogP contribution in [0, 0.1) is 0 Å². The highest BCUT2D eigenvalue weighted by atomic mass is 16.5. The molecule has 140 valence electrons. The molecule has 0 bridgehead atoms. The molecular formula is C20H22N4O3. The Morgan fingerprint density at radius 2 is 1.96 bits per heavy atom. The number of carbonyl (C=O) groups is 1. The summed E-state index contributed by atoms with van der Waals surface area (Å²) in [4.78, 5) is 14.5. The van der Waals surface area contributed by atoms with Crippen LogP contribution in [0.4, 0.5) is 0 Å². The van der Waals surface area contributed by atoms with Gasteiger partial charge >= 0.3 is 0 Å². The van der Waals surface area contributed by atoms with Crippen LogP contribution >= 0.6 is 0 Å². The van der Waals surface area contributed by atoms with E-state index >= 15 is 0 Å². The van der Waals surface area contributed by atoms with Gasteiger partial charge in [0.1, 0.15) is 17.3 Å². The molecule has 0 N–H and O–H groups in total. The van der Waals surface area contributed by atoms with Gasteiger partial charge in [0.05, 0.1) is 7.11 Å². The molecule has 1 aliphatic rings. The molecule has 7 heteroatoms. The van der Waals surface area contributed by atoms with Crippen LogP contribution in [0.25, 0.3) is 5.65 Å². The minimum absolute atomic E-state index is 0.00987. The van der Waals surface area contributed by atoms with E-state index in [1.807, 2.05) is 45.8 Å². The van der Waals surface area contributed by atoms with Gasteiger partial charge < -0.3 is 14.4 Å². The zero-order valence-corrected chi connectivity index (χ0v) is 15.2. The average molecular weight is 366 g/mol. The average Bonchev–Trinajstić information content (AvgIpc) is 3.16. The van der Waals surface area contributed by atoms with Crippen LogP contribution in [0.5, 0.6) is 11.5 Å². The van der Waals surface area contributed by atoms with Crippen LogP contribution in [0.15, 0.2) is 48.7 Å². The molecule has 4 rings (SSSR count). The lowest BCUT2D eigenvalue weighted by molar-refractivity contribution is -0.134. The van der Waals surface area contributed by atoms with Crippen LogP contribution in [-0.4, -0.2) is 52.2 Å². The Morgan fingerprint density at radius 3 is 2.78 bits per heavy atom. The molecule has 1 atom stereocenters. The molecule has 1 unspecified atom stereocenters. The lowest BCUT2D eigenvalue weighted by Gasteiger charge is -2.31. The molecule has 0 saturated carbocycles. The highest BCUT2D eigenvalue weighted by Crippen LogP contribution is 2.26. The van der Waals surface area contributed by atoms with Gasteiger partial charge in [0, 0.05) is 25.2 Å². The van der Waals surface area contributed by atoms with Crippen LogP contribution < -0.4 is 9.47 Å². The number of piperidine rings is 1. The maximum atomic E-state index is 12.6. The number of ether oxygens (including phenoxy) is 2. The third-order valence-corrected chi connectivity index (χ3v) is 4.90. The van der Waals surface area contributed by atoms with Gasteiger partial charge in [-0.2, -0.15) is 0 Å². The van der Waals surface area contributed by atoms with E-state index in [1.54, 1.807) is 19.2 Å². The predicted molar refractivity (Wildman–Crippen MR) is 100 cm³/mol. The monoisotopic (exact) mass is 366 g/mol. The third-order valence-electron chi connectivity index (χ3n) is 4.90. The van der Waals surface area contributed by atoms with Crippen LogP contribution in [0.3, 0.4) is 0 Å². The highest BCUT2D eigenvalue weighted by molar-refractivity contribution is 5.78. The molecule has 1 fully saturated rings. The number of nitrogens with zero attached hydrogens (tertiary/aromatic N) is 4. The van der Waals surface area contributed by atoms with Gasteiger partial charge in [-0.1, -0.05) is 6.07 Å². The number of amides is 1. The van der Waals surface area contributed by atoms with Gasteiger partial charge in [-0.25, -0.2) is 0 Å². The molecule has 0 spiro atoms. The third kappa shape index (κ3) is 3.72. The molecule has 1 saturated heterocycles. The Hall–Kier alpha value is -3.09. The van der Waals surface area contributed by atoms with Crippen LogP contribution in [0.1, 0.15) is 24.6 Å². The summed E-state index contributed by atoms with van der Waals surface area (Å²) in [5.41, 5.74) is 0.832. The fourth-order valence-electron chi connectivity index (χ4n) is 3.46. The summed E-state index contributed by atoms with van der Waals surface area (Å²) >= 11 is 0. The lowest BCUT2D eigenvalue weighted by Crippen LogP contribution is -2.42. The highest BCUT2D eigenvalue weighted by Gasteiger charge is 2.28. The molecule has 3 heterocycles. The van der Waals surface area contributed by atoms with Gasteiger partial charge in [0.25, 0.3) is 5.91 Å². The Bertz CT molecular complexity index is 922. The second-order valence-corrected chi connectivity index (χ2v) is 6.63. The summed E-state index contributed by atoms with van der Waals surface area (Å²) in [7, 11) is 1.62. The number of hydrogen-bond acceptors (Lipinski definition) is 5. The van der Waals surface area contributed by atoms with E-state index in [4.69, 9.17) is 9.47 Å². The second kappa shape index (κ2) is 7.65. The zero-order chi connectivity index (χ0) is 18.6. The standard InChI is InChI=1S/C20H22N4O3/c1-26-16-7-9-17(10-8-16)27-14-19(25)23-11-4-5-15(13-23)20-22-21-18-6-2-3-12-24(18)20/h2-3,6-10,12,15H,4-5,11,13-14H2,1H3. The Balaban J connectivity index is 1.39. The maximum Gasteiger partial charge on any atom is 0.260 e. The fraction of sp³-hybridized carbons (Fsp3) is 0.350. The number of likely N-dealkylation sites (tertiary alicyclic amines) is 1. The van der Waals surface area contributed by atoms with Crippen molar-refractivity contribution >= 4 is 11.6 Å². The van der Waals surface area contributed by atoms with E-state index in [1.165, 1.54) is 0 Å². The van der Waals surface area contributed by atoms with Crippen molar-refractivity contribution in [3.05, 3.63) is 54.5 Å². The zero-order valence-electron chi connectivity index (χ0n) is 15.2. The van der Waals surface area contributed by atoms with E-state index in [2.05, 4.69) is 10.2 Å². The maximum absolute atomic E-state index is 12.6. The smallest absolute Gasteiger partial charge is 0.260 e. The number of fused-ring (bicyclic) bond motifs is 1. The summed E-state index contributed by atoms with van der Waals surface area (Å²) < 4.78 is 12.8. The second-order valence-electron chi connectivity index (χ2n) is 6.63. The van der Waals surface area contributed by atoms with Crippen molar-refractivity contribution in [2.24, 2.45) is 0 Å². The first-order valence-electron chi connectivity index (χ1n) is 9.09. The summed E-state index contributed by atoms with van der Waals surface area (Å²) in [5.74, 6) is 2.50.